The van der Waals surface area contributed by atoms with Crippen LogP contribution >= 0.6 is 0 Å². The molecule has 4 aromatic carbocycles. The number of carbonyl (C=O) groups excluding carboxylic acids is 1. The highest BCUT2D eigenvalue weighted by atomic mass is 16.6. The number of hydrazine groups is 1. The number of amides is 1. The summed E-state index contributed by atoms with van der Waals surface area (Å²) in [5.41, 5.74) is 12.3. The van der Waals surface area contributed by atoms with Crippen molar-refractivity contribution < 1.29 is 9.53 Å². The number of fused-ring (bicyclic) bond motifs is 4. The van der Waals surface area contributed by atoms with Gasteiger partial charge in [0.1, 0.15) is 5.60 Å². The average molecular weight is 639 g/mol. The molecular weight excluding hydrogens is 596 g/mol. The van der Waals surface area contributed by atoms with Crippen LogP contribution in [-0.4, -0.2) is 46.3 Å². The van der Waals surface area contributed by atoms with E-state index < -0.39 is 5.60 Å². The van der Waals surface area contributed by atoms with Crippen molar-refractivity contribution in [3.05, 3.63) is 121 Å². The number of carbonyl (C=O) groups is 1. The van der Waals surface area contributed by atoms with Crippen molar-refractivity contribution in [1.29, 1.82) is 0 Å². The minimum absolute atomic E-state index is 0.188. The first-order valence-electron chi connectivity index (χ1n) is 17.0. The lowest BCUT2D eigenvalue weighted by Gasteiger charge is -2.42. The van der Waals surface area contributed by atoms with Gasteiger partial charge in [-0.15, -0.1) is 0 Å². The summed E-state index contributed by atoms with van der Waals surface area (Å²) in [6.07, 6.45) is 5.32. The van der Waals surface area contributed by atoms with Gasteiger partial charge in [0, 0.05) is 88.1 Å². The summed E-state index contributed by atoms with van der Waals surface area (Å²) < 4.78 is 6.03. The molecule has 3 N–H and O–H groups in total. The Morgan fingerprint density at radius 2 is 1.33 bits per heavy atom. The van der Waals surface area contributed by atoms with Gasteiger partial charge in [-0.3, -0.25) is 0 Å². The Bertz CT molecular complexity index is 2090. The van der Waals surface area contributed by atoms with Crippen molar-refractivity contribution in [2.45, 2.75) is 51.2 Å². The van der Waals surface area contributed by atoms with Gasteiger partial charge in [0.05, 0.1) is 6.04 Å². The zero-order chi connectivity index (χ0) is 32.8. The maximum atomic E-state index is 14.0. The minimum Gasteiger partial charge on any atom is -0.443 e. The Balaban J connectivity index is 1.08. The molecule has 0 fully saturated rings. The fraction of sp³-hybridized carbons (Fsp3) is 0.275. The van der Waals surface area contributed by atoms with Crippen molar-refractivity contribution >= 4 is 50.6 Å². The highest BCUT2D eigenvalue weighted by molar-refractivity contribution is 5.86. The molecule has 8 nitrogen and oxygen atoms in total. The SMILES string of the molecule is CC(C)(C)OC(=O)N(NCC1CCN(c2ccc3[nH]ccc3c2)c2ccccc21)C1CCN(c2ccc3[nH]ccc3c2)c2ccccc21. The number of aromatic nitrogens is 2. The van der Waals surface area contributed by atoms with Crippen LogP contribution in [0.4, 0.5) is 27.5 Å². The molecular formula is C40H42N6O2. The van der Waals surface area contributed by atoms with E-state index in [0.29, 0.717) is 6.54 Å². The lowest BCUT2D eigenvalue weighted by Crippen LogP contribution is -2.51. The molecule has 244 valence electrons. The highest BCUT2D eigenvalue weighted by Gasteiger charge is 2.36. The number of ether oxygens (including phenoxy) is 1. The van der Waals surface area contributed by atoms with Crippen LogP contribution in [0.1, 0.15) is 56.7 Å². The predicted octanol–water partition coefficient (Wildman–Crippen LogP) is 9.30. The van der Waals surface area contributed by atoms with Crippen molar-refractivity contribution in [3.63, 3.8) is 0 Å². The van der Waals surface area contributed by atoms with E-state index in [1.165, 1.54) is 27.7 Å². The van der Waals surface area contributed by atoms with E-state index in [9.17, 15) is 4.79 Å². The number of benzene rings is 4. The quantitative estimate of drug-likeness (QED) is 0.159. The van der Waals surface area contributed by atoms with Crippen LogP contribution in [0.2, 0.25) is 0 Å². The smallest absolute Gasteiger partial charge is 0.425 e. The number of aromatic amines is 2. The third kappa shape index (κ3) is 5.66. The van der Waals surface area contributed by atoms with Gasteiger partial charge in [-0.1, -0.05) is 36.4 Å². The summed E-state index contributed by atoms with van der Waals surface area (Å²) in [5, 5.41) is 4.16. The van der Waals surface area contributed by atoms with E-state index in [1.54, 1.807) is 5.01 Å². The fourth-order valence-corrected chi connectivity index (χ4v) is 7.44. The van der Waals surface area contributed by atoms with Crippen LogP contribution in [0.25, 0.3) is 21.8 Å². The molecule has 4 heterocycles. The summed E-state index contributed by atoms with van der Waals surface area (Å²) in [5.74, 6) is 0.224. The lowest BCUT2D eigenvalue weighted by atomic mass is 9.89. The predicted molar refractivity (Wildman–Crippen MR) is 194 cm³/mol. The van der Waals surface area contributed by atoms with Gasteiger partial charge in [-0.2, -0.15) is 0 Å². The molecule has 8 heteroatoms. The zero-order valence-electron chi connectivity index (χ0n) is 27.7. The van der Waals surface area contributed by atoms with E-state index in [4.69, 9.17) is 4.74 Å². The van der Waals surface area contributed by atoms with Gasteiger partial charge in [-0.05, 0) is 99.8 Å². The second-order valence-corrected chi connectivity index (χ2v) is 13.9. The molecule has 0 bridgehead atoms. The van der Waals surface area contributed by atoms with E-state index in [-0.39, 0.29) is 18.1 Å². The molecule has 2 unspecified atom stereocenters. The summed E-state index contributed by atoms with van der Waals surface area (Å²) in [7, 11) is 0. The Hall–Kier alpha value is -5.21. The molecule has 0 radical (unpaired) electrons. The fourth-order valence-electron chi connectivity index (χ4n) is 7.44. The van der Waals surface area contributed by atoms with Crippen LogP contribution in [0.5, 0.6) is 0 Å². The van der Waals surface area contributed by atoms with Crippen LogP contribution < -0.4 is 15.2 Å². The summed E-state index contributed by atoms with van der Waals surface area (Å²) in [6.45, 7) is 8.05. The van der Waals surface area contributed by atoms with Crippen LogP contribution in [0.3, 0.4) is 0 Å². The van der Waals surface area contributed by atoms with Gasteiger partial charge < -0.3 is 24.5 Å². The number of rotatable bonds is 6. The summed E-state index contributed by atoms with van der Waals surface area (Å²) in [6, 6.07) is 34.3. The molecule has 0 saturated heterocycles. The summed E-state index contributed by atoms with van der Waals surface area (Å²) >= 11 is 0. The lowest BCUT2D eigenvalue weighted by molar-refractivity contribution is -0.000767. The monoisotopic (exact) mass is 638 g/mol. The normalized spacial score (nSPS) is 17.7. The third-order valence-electron chi connectivity index (χ3n) is 9.69. The number of nitrogens with zero attached hydrogens (tertiary/aromatic N) is 3. The third-order valence-corrected chi connectivity index (χ3v) is 9.69. The molecule has 2 atom stereocenters. The maximum absolute atomic E-state index is 14.0. The molecule has 0 aliphatic carbocycles. The van der Waals surface area contributed by atoms with Gasteiger partial charge >= 0.3 is 6.09 Å². The number of para-hydroxylation sites is 2. The van der Waals surface area contributed by atoms with Crippen molar-refractivity contribution in [2.24, 2.45) is 0 Å². The van der Waals surface area contributed by atoms with E-state index >= 15 is 0 Å². The number of anilines is 4. The first-order valence-corrected chi connectivity index (χ1v) is 17.0. The van der Waals surface area contributed by atoms with Crippen LogP contribution in [0, 0.1) is 0 Å². The molecule has 2 aliphatic rings. The maximum Gasteiger partial charge on any atom is 0.425 e. The number of hydrogen-bond donors (Lipinski definition) is 3. The molecule has 0 saturated carbocycles. The van der Waals surface area contributed by atoms with Crippen molar-refractivity contribution in [3.8, 4) is 0 Å². The van der Waals surface area contributed by atoms with E-state index in [1.807, 2.05) is 33.2 Å². The van der Waals surface area contributed by atoms with Crippen molar-refractivity contribution in [1.82, 2.24) is 20.4 Å². The Kier molecular flexibility index (Phi) is 7.60. The molecule has 2 aliphatic heterocycles. The second kappa shape index (κ2) is 12.1. The average Bonchev–Trinajstić information content (AvgIpc) is 3.76. The molecule has 8 rings (SSSR count). The minimum atomic E-state index is -0.623. The topological polar surface area (TPSA) is 79.6 Å². The summed E-state index contributed by atoms with van der Waals surface area (Å²) in [4.78, 5) is 25.4. The van der Waals surface area contributed by atoms with Gasteiger partial charge in [-0.25, -0.2) is 15.2 Å². The van der Waals surface area contributed by atoms with Gasteiger partial charge in [0.2, 0.25) is 0 Å². The molecule has 6 aromatic rings. The zero-order valence-corrected chi connectivity index (χ0v) is 27.7. The van der Waals surface area contributed by atoms with E-state index in [2.05, 4.69) is 122 Å². The number of hydrogen-bond acceptors (Lipinski definition) is 5. The first kappa shape index (κ1) is 30.1. The molecule has 0 spiro atoms. The standard InChI is InChI=1S/C40H42N6O2/c1-40(2,3)48-39(47)46(38-19-23-45(37-11-7-5-9-33(37)38)31-13-15-35-28(25-31)17-21-42-35)43-26-29-18-22-44(36-10-6-4-8-32(29)36)30-12-14-34-27(24-30)16-20-41-34/h4-17,20-21,24-25,29,38,41-43H,18-19,22-23,26H2,1-3H3. The number of H-pyrrole nitrogens is 2. The molecule has 48 heavy (non-hydrogen) atoms. The Morgan fingerprint density at radius 3 is 1.96 bits per heavy atom. The largest absolute Gasteiger partial charge is 0.443 e. The highest BCUT2D eigenvalue weighted by Crippen LogP contribution is 2.43. The van der Waals surface area contributed by atoms with E-state index in [0.717, 1.165) is 53.9 Å². The first-order chi connectivity index (χ1) is 23.3. The van der Waals surface area contributed by atoms with Gasteiger partial charge in [0.15, 0.2) is 0 Å². The number of nitrogens with one attached hydrogen (secondary N) is 3. The second-order valence-electron chi connectivity index (χ2n) is 13.9. The molecule has 1 amide bonds. The van der Waals surface area contributed by atoms with Gasteiger partial charge in [0.25, 0.3) is 0 Å². The van der Waals surface area contributed by atoms with Crippen molar-refractivity contribution in [2.75, 3.05) is 29.4 Å². The molecule has 2 aromatic heterocycles. The van der Waals surface area contributed by atoms with Crippen LogP contribution in [-0.2, 0) is 4.74 Å². The Morgan fingerprint density at radius 1 is 0.771 bits per heavy atom. The Labute approximate surface area is 281 Å². The van der Waals surface area contributed by atoms with Crippen LogP contribution in [0.15, 0.2) is 109 Å².